The van der Waals surface area contributed by atoms with Crippen LogP contribution in [0.3, 0.4) is 0 Å². The van der Waals surface area contributed by atoms with Crippen molar-refractivity contribution in [3.63, 3.8) is 0 Å². The van der Waals surface area contributed by atoms with E-state index in [2.05, 4.69) is 4.98 Å². The van der Waals surface area contributed by atoms with Crippen LogP contribution < -0.4 is 0 Å². The minimum absolute atomic E-state index is 0.0931. The molecular weight excluding hydrogens is 190 g/mol. The molecule has 0 saturated carbocycles. The van der Waals surface area contributed by atoms with Gasteiger partial charge in [-0.15, -0.1) is 0 Å². The van der Waals surface area contributed by atoms with Gasteiger partial charge in [0, 0.05) is 19.3 Å². The smallest absolute Gasteiger partial charge is 0.272 e. The molecule has 0 unspecified atom stereocenters. The van der Waals surface area contributed by atoms with Crippen molar-refractivity contribution in [1.29, 1.82) is 5.26 Å². The first-order valence-electron chi connectivity index (χ1n) is 4.88. The molecule has 1 aromatic rings. The molecule has 0 spiro atoms. The number of pyridine rings is 1. The van der Waals surface area contributed by atoms with E-state index in [1.807, 2.05) is 19.9 Å². The predicted molar refractivity (Wildman–Crippen MR) is 56.2 cm³/mol. The molecule has 0 bridgehead atoms. The summed E-state index contributed by atoms with van der Waals surface area (Å²) in [6, 6.07) is 5.15. The maximum Gasteiger partial charge on any atom is 0.272 e. The molecule has 1 heterocycles. The number of nitriles is 1. The molecule has 0 aliphatic heterocycles. The number of amides is 1. The van der Waals surface area contributed by atoms with E-state index in [0.717, 1.165) is 0 Å². The maximum atomic E-state index is 11.8. The molecule has 0 aromatic carbocycles. The lowest BCUT2D eigenvalue weighted by Crippen LogP contribution is -2.31. The van der Waals surface area contributed by atoms with Crippen molar-refractivity contribution < 1.29 is 4.79 Å². The number of hydrogen-bond acceptors (Lipinski definition) is 3. The fourth-order valence-electron chi connectivity index (χ4n) is 1.26. The molecule has 0 N–H and O–H groups in total. The second-order valence-corrected chi connectivity index (χ2v) is 3.02. The Bertz CT molecular complexity index is 374. The molecule has 15 heavy (non-hydrogen) atoms. The van der Waals surface area contributed by atoms with Gasteiger partial charge in [0.25, 0.3) is 5.91 Å². The highest BCUT2D eigenvalue weighted by atomic mass is 16.2. The van der Waals surface area contributed by atoms with E-state index in [1.165, 1.54) is 6.20 Å². The lowest BCUT2D eigenvalue weighted by Gasteiger charge is -2.17. The van der Waals surface area contributed by atoms with Crippen LogP contribution in [0.25, 0.3) is 0 Å². The first-order chi connectivity index (χ1) is 7.22. The average Bonchev–Trinajstić information content (AvgIpc) is 2.30. The van der Waals surface area contributed by atoms with E-state index < -0.39 is 0 Å². The minimum atomic E-state index is -0.0931. The van der Waals surface area contributed by atoms with Gasteiger partial charge in [0.15, 0.2) is 0 Å². The highest BCUT2D eigenvalue weighted by Crippen LogP contribution is 2.03. The van der Waals surface area contributed by atoms with Crippen LogP contribution in [0, 0.1) is 11.3 Å². The summed E-state index contributed by atoms with van der Waals surface area (Å²) in [7, 11) is 0. The molecule has 4 nitrogen and oxygen atoms in total. The first-order valence-corrected chi connectivity index (χ1v) is 4.88. The Morgan fingerprint density at radius 3 is 2.53 bits per heavy atom. The number of rotatable bonds is 3. The number of aromatic nitrogens is 1. The zero-order valence-corrected chi connectivity index (χ0v) is 8.90. The third kappa shape index (κ3) is 2.53. The highest BCUT2D eigenvalue weighted by Gasteiger charge is 2.13. The van der Waals surface area contributed by atoms with Crippen molar-refractivity contribution in [1.82, 2.24) is 9.88 Å². The van der Waals surface area contributed by atoms with E-state index in [1.54, 1.807) is 17.0 Å². The molecule has 0 radical (unpaired) electrons. The van der Waals surface area contributed by atoms with Gasteiger partial charge < -0.3 is 4.90 Å². The van der Waals surface area contributed by atoms with Crippen LogP contribution in [0.2, 0.25) is 0 Å². The van der Waals surface area contributed by atoms with E-state index >= 15 is 0 Å². The van der Waals surface area contributed by atoms with Gasteiger partial charge in [0.05, 0.1) is 5.56 Å². The number of nitrogens with zero attached hydrogens (tertiary/aromatic N) is 3. The molecule has 1 rings (SSSR count). The Balaban J connectivity index is 2.88. The average molecular weight is 203 g/mol. The van der Waals surface area contributed by atoms with Crippen molar-refractivity contribution in [2.75, 3.05) is 13.1 Å². The van der Waals surface area contributed by atoms with Gasteiger partial charge in [-0.3, -0.25) is 4.79 Å². The van der Waals surface area contributed by atoms with Gasteiger partial charge in [0.1, 0.15) is 11.8 Å². The van der Waals surface area contributed by atoms with E-state index in [9.17, 15) is 4.79 Å². The summed E-state index contributed by atoms with van der Waals surface area (Å²) < 4.78 is 0. The Morgan fingerprint density at radius 2 is 2.13 bits per heavy atom. The number of carbonyl (C=O) groups excluding carboxylic acids is 1. The Morgan fingerprint density at radius 1 is 1.47 bits per heavy atom. The van der Waals surface area contributed by atoms with Crippen LogP contribution in [-0.2, 0) is 0 Å². The monoisotopic (exact) mass is 203 g/mol. The zero-order chi connectivity index (χ0) is 11.3. The number of carbonyl (C=O) groups is 1. The van der Waals surface area contributed by atoms with Gasteiger partial charge in [0.2, 0.25) is 0 Å². The third-order valence-electron chi connectivity index (χ3n) is 2.16. The summed E-state index contributed by atoms with van der Waals surface area (Å²) in [6.07, 6.45) is 1.41. The quantitative estimate of drug-likeness (QED) is 0.746. The largest absolute Gasteiger partial charge is 0.338 e. The molecule has 1 aromatic heterocycles. The van der Waals surface area contributed by atoms with E-state index in [0.29, 0.717) is 24.3 Å². The molecule has 0 fully saturated rings. The lowest BCUT2D eigenvalue weighted by molar-refractivity contribution is 0.0767. The van der Waals surface area contributed by atoms with Crippen molar-refractivity contribution in [2.24, 2.45) is 0 Å². The summed E-state index contributed by atoms with van der Waals surface area (Å²) in [5.41, 5.74) is 0.851. The molecule has 0 aliphatic carbocycles. The fourth-order valence-corrected chi connectivity index (χ4v) is 1.26. The molecule has 4 heteroatoms. The molecule has 1 amide bonds. The molecule has 0 aliphatic rings. The van der Waals surface area contributed by atoms with Crippen LogP contribution >= 0.6 is 0 Å². The maximum absolute atomic E-state index is 11.8. The van der Waals surface area contributed by atoms with Gasteiger partial charge in [-0.05, 0) is 26.0 Å². The second-order valence-electron chi connectivity index (χ2n) is 3.02. The predicted octanol–water partition coefficient (Wildman–Crippen LogP) is 1.44. The normalized spacial score (nSPS) is 9.40. The van der Waals surface area contributed by atoms with Crippen LogP contribution in [0.1, 0.15) is 29.9 Å². The second kappa shape index (κ2) is 5.11. The molecular formula is C11H13N3O. The summed E-state index contributed by atoms with van der Waals surface area (Å²) in [4.78, 5) is 17.4. The van der Waals surface area contributed by atoms with Gasteiger partial charge in [-0.2, -0.15) is 5.26 Å². The Hall–Kier alpha value is -1.89. The first kappa shape index (κ1) is 11.2. The van der Waals surface area contributed by atoms with Crippen LogP contribution in [0.4, 0.5) is 0 Å². The lowest BCUT2D eigenvalue weighted by atomic mass is 10.2. The minimum Gasteiger partial charge on any atom is -0.338 e. The topological polar surface area (TPSA) is 57.0 Å². The van der Waals surface area contributed by atoms with E-state index in [4.69, 9.17) is 5.26 Å². The standard InChI is InChI=1S/C11H13N3O/c1-3-14(4-2)11(15)10-6-5-9(7-12)8-13-10/h5-6,8H,3-4H2,1-2H3. The van der Waals surface area contributed by atoms with Gasteiger partial charge in [-0.25, -0.2) is 4.98 Å². The SMILES string of the molecule is CCN(CC)C(=O)c1ccc(C#N)cn1. The van der Waals surface area contributed by atoms with Crippen molar-refractivity contribution in [3.05, 3.63) is 29.6 Å². The van der Waals surface area contributed by atoms with Crippen LogP contribution in [-0.4, -0.2) is 28.9 Å². The molecule has 0 saturated heterocycles. The molecule has 78 valence electrons. The van der Waals surface area contributed by atoms with Crippen molar-refractivity contribution in [2.45, 2.75) is 13.8 Å². The van der Waals surface area contributed by atoms with Crippen molar-refractivity contribution in [3.8, 4) is 6.07 Å². The summed E-state index contributed by atoms with van der Waals surface area (Å²) >= 11 is 0. The van der Waals surface area contributed by atoms with Crippen LogP contribution in [0.5, 0.6) is 0 Å². The van der Waals surface area contributed by atoms with E-state index in [-0.39, 0.29) is 5.91 Å². The Labute approximate surface area is 89.2 Å². The van der Waals surface area contributed by atoms with Crippen LogP contribution in [0.15, 0.2) is 18.3 Å². The summed E-state index contributed by atoms with van der Waals surface area (Å²) in [5, 5.41) is 8.58. The number of hydrogen-bond donors (Lipinski definition) is 0. The van der Waals surface area contributed by atoms with Gasteiger partial charge >= 0.3 is 0 Å². The van der Waals surface area contributed by atoms with Crippen molar-refractivity contribution >= 4 is 5.91 Å². The highest BCUT2D eigenvalue weighted by molar-refractivity contribution is 5.92. The molecule has 0 atom stereocenters. The Kier molecular flexibility index (Phi) is 3.81. The summed E-state index contributed by atoms with van der Waals surface area (Å²) in [5.74, 6) is -0.0931. The zero-order valence-electron chi connectivity index (χ0n) is 8.90. The van der Waals surface area contributed by atoms with Gasteiger partial charge in [-0.1, -0.05) is 0 Å². The summed E-state index contributed by atoms with van der Waals surface area (Å²) in [6.45, 7) is 5.17. The fraction of sp³-hybridized carbons (Fsp3) is 0.364. The third-order valence-corrected chi connectivity index (χ3v) is 2.16.